The number of rotatable bonds is 3. The first-order valence-corrected chi connectivity index (χ1v) is 7.07. The van der Waals surface area contributed by atoms with Crippen LogP contribution >= 0.6 is 27.7 Å². The Morgan fingerprint density at radius 1 is 1.60 bits per heavy atom. The molecule has 0 bridgehead atoms. The van der Waals surface area contributed by atoms with Crippen LogP contribution in [0.3, 0.4) is 0 Å². The maximum absolute atomic E-state index is 6.18. The van der Waals surface area contributed by atoms with Crippen molar-refractivity contribution in [1.82, 2.24) is 4.98 Å². The zero-order chi connectivity index (χ0) is 10.7. The van der Waals surface area contributed by atoms with Crippen molar-refractivity contribution < 1.29 is 0 Å². The average molecular weight is 287 g/mol. The van der Waals surface area contributed by atoms with Gasteiger partial charge < -0.3 is 5.73 Å². The van der Waals surface area contributed by atoms with Gasteiger partial charge in [0.15, 0.2) is 0 Å². The molecule has 2 unspecified atom stereocenters. The van der Waals surface area contributed by atoms with Gasteiger partial charge in [-0.3, -0.25) is 4.98 Å². The lowest BCUT2D eigenvalue weighted by Crippen LogP contribution is -2.33. The van der Waals surface area contributed by atoms with Crippen LogP contribution in [0.15, 0.2) is 22.8 Å². The van der Waals surface area contributed by atoms with E-state index in [1.54, 1.807) is 0 Å². The van der Waals surface area contributed by atoms with E-state index < -0.39 is 0 Å². The normalized spacial score (nSPS) is 22.9. The standard InChI is InChI=1S/C11H15BrN2S/c12-8-3-4-9(14-7-8)6-10(13)11-2-1-5-15-11/h3-4,7,10-11H,1-2,5-6,13H2. The third-order valence-corrected chi connectivity index (χ3v) is 4.68. The molecule has 2 nitrogen and oxygen atoms in total. The fraction of sp³-hybridized carbons (Fsp3) is 0.545. The molecule has 1 aliphatic rings. The van der Waals surface area contributed by atoms with Crippen LogP contribution in [0.1, 0.15) is 18.5 Å². The highest BCUT2D eigenvalue weighted by Crippen LogP contribution is 2.29. The van der Waals surface area contributed by atoms with Gasteiger partial charge in [0.05, 0.1) is 0 Å². The third-order valence-electron chi connectivity index (χ3n) is 2.68. The van der Waals surface area contributed by atoms with Gasteiger partial charge in [0, 0.05) is 34.1 Å². The van der Waals surface area contributed by atoms with Crippen molar-refractivity contribution >= 4 is 27.7 Å². The predicted octanol–water partition coefficient (Wildman–Crippen LogP) is 2.61. The smallest absolute Gasteiger partial charge is 0.0420 e. The molecule has 2 atom stereocenters. The minimum absolute atomic E-state index is 0.256. The maximum Gasteiger partial charge on any atom is 0.0420 e. The van der Waals surface area contributed by atoms with E-state index in [2.05, 4.69) is 20.9 Å². The molecule has 2 rings (SSSR count). The molecular formula is C11H15BrN2S. The van der Waals surface area contributed by atoms with Gasteiger partial charge >= 0.3 is 0 Å². The van der Waals surface area contributed by atoms with Gasteiger partial charge in [-0.05, 0) is 46.7 Å². The number of hydrogen-bond acceptors (Lipinski definition) is 3. The number of hydrogen-bond donors (Lipinski definition) is 1. The lowest BCUT2D eigenvalue weighted by atomic mass is 10.1. The number of nitrogens with zero attached hydrogens (tertiary/aromatic N) is 1. The van der Waals surface area contributed by atoms with Crippen LogP contribution in [0, 0.1) is 0 Å². The largest absolute Gasteiger partial charge is 0.326 e. The lowest BCUT2D eigenvalue weighted by molar-refractivity contribution is 0.602. The van der Waals surface area contributed by atoms with Crippen molar-refractivity contribution in [2.75, 3.05) is 5.75 Å². The van der Waals surface area contributed by atoms with Gasteiger partial charge in [-0.15, -0.1) is 0 Å². The van der Waals surface area contributed by atoms with Gasteiger partial charge in [0.25, 0.3) is 0 Å². The molecule has 15 heavy (non-hydrogen) atoms. The molecular weight excluding hydrogens is 272 g/mol. The summed E-state index contributed by atoms with van der Waals surface area (Å²) in [4.78, 5) is 4.35. The first-order valence-electron chi connectivity index (χ1n) is 5.23. The Balaban J connectivity index is 1.92. The Morgan fingerprint density at radius 3 is 3.07 bits per heavy atom. The molecule has 0 spiro atoms. The molecule has 1 aromatic rings. The van der Waals surface area contributed by atoms with E-state index in [9.17, 15) is 0 Å². The molecule has 0 radical (unpaired) electrons. The van der Waals surface area contributed by atoms with Crippen LogP contribution in [-0.4, -0.2) is 22.0 Å². The Bertz CT molecular complexity index is 309. The van der Waals surface area contributed by atoms with Crippen LogP contribution < -0.4 is 5.73 Å². The number of pyridine rings is 1. The van der Waals surface area contributed by atoms with Crippen molar-refractivity contribution in [3.8, 4) is 0 Å². The summed E-state index contributed by atoms with van der Waals surface area (Å²) in [5.74, 6) is 1.27. The van der Waals surface area contributed by atoms with Crippen molar-refractivity contribution in [1.29, 1.82) is 0 Å². The summed E-state index contributed by atoms with van der Waals surface area (Å²) in [6.45, 7) is 0. The molecule has 2 heterocycles. The van der Waals surface area contributed by atoms with E-state index in [1.807, 2.05) is 30.1 Å². The fourth-order valence-electron chi connectivity index (χ4n) is 1.84. The van der Waals surface area contributed by atoms with Gasteiger partial charge in [0.1, 0.15) is 0 Å². The molecule has 0 saturated carbocycles. The highest BCUT2D eigenvalue weighted by Gasteiger charge is 2.22. The molecule has 2 N–H and O–H groups in total. The lowest BCUT2D eigenvalue weighted by Gasteiger charge is -2.17. The second-order valence-electron chi connectivity index (χ2n) is 3.89. The highest BCUT2D eigenvalue weighted by molar-refractivity contribution is 9.10. The molecule has 1 aromatic heterocycles. The zero-order valence-electron chi connectivity index (χ0n) is 8.53. The summed E-state index contributed by atoms with van der Waals surface area (Å²) < 4.78 is 1.02. The van der Waals surface area contributed by atoms with E-state index in [4.69, 9.17) is 5.73 Å². The topological polar surface area (TPSA) is 38.9 Å². The molecule has 0 aromatic carbocycles. The van der Waals surface area contributed by atoms with E-state index >= 15 is 0 Å². The van der Waals surface area contributed by atoms with Crippen LogP contribution in [0.25, 0.3) is 0 Å². The van der Waals surface area contributed by atoms with E-state index in [-0.39, 0.29) is 6.04 Å². The molecule has 1 saturated heterocycles. The molecule has 4 heteroatoms. The van der Waals surface area contributed by atoms with Gasteiger partial charge in [-0.1, -0.05) is 0 Å². The SMILES string of the molecule is NC(Cc1ccc(Br)cn1)C1CCCS1. The number of nitrogens with two attached hydrogens (primary N) is 1. The number of halogens is 1. The Hall–Kier alpha value is -0.0600. The van der Waals surface area contributed by atoms with Crippen molar-refractivity contribution in [3.05, 3.63) is 28.5 Å². The monoisotopic (exact) mass is 286 g/mol. The van der Waals surface area contributed by atoms with Crippen molar-refractivity contribution in [2.45, 2.75) is 30.6 Å². The first kappa shape index (κ1) is 11.4. The quantitative estimate of drug-likeness (QED) is 0.928. The predicted molar refractivity (Wildman–Crippen MR) is 69.1 cm³/mol. The maximum atomic E-state index is 6.18. The summed E-state index contributed by atoms with van der Waals surface area (Å²) in [5, 5.41) is 0.635. The van der Waals surface area contributed by atoms with E-state index in [1.165, 1.54) is 18.6 Å². The van der Waals surface area contributed by atoms with Gasteiger partial charge in [-0.25, -0.2) is 0 Å². The van der Waals surface area contributed by atoms with Crippen LogP contribution in [0.4, 0.5) is 0 Å². The second-order valence-corrected chi connectivity index (χ2v) is 6.15. The fourth-order valence-corrected chi connectivity index (χ4v) is 3.39. The van der Waals surface area contributed by atoms with Gasteiger partial charge in [-0.2, -0.15) is 11.8 Å². The average Bonchev–Trinajstić information content (AvgIpc) is 2.74. The minimum Gasteiger partial charge on any atom is -0.326 e. The molecule has 1 aliphatic heterocycles. The Morgan fingerprint density at radius 2 is 2.47 bits per heavy atom. The molecule has 0 amide bonds. The summed E-state index contributed by atoms with van der Waals surface area (Å²) >= 11 is 5.39. The van der Waals surface area contributed by atoms with Crippen molar-refractivity contribution in [3.63, 3.8) is 0 Å². The summed E-state index contributed by atoms with van der Waals surface area (Å²) in [5.41, 5.74) is 7.27. The second kappa shape index (κ2) is 5.32. The molecule has 0 aliphatic carbocycles. The Labute approximate surface area is 103 Å². The summed E-state index contributed by atoms with van der Waals surface area (Å²) in [6, 6.07) is 4.33. The van der Waals surface area contributed by atoms with E-state index in [0.29, 0.717) is 5.25 Å². The third kappa shape index (κ3) is 3.20. The van der Waals surface area contributed by atoms with Crippen molar-refractivity contribution in [2.24, 2.45) is 5.73 Å². The molecule has 1 fully saturated rings. The minimum atomic E-state index is 0.256. The summed E-state index contributed by atoms with van der Waals surface area (Å²) in [7, 11) is 0. The Kier molecular flexibility index (Phi) is 4.05. The van der Waals surface area contributed by atoms with Gasteiger partial charge in [0.2, 0.25) is 0 Å². The zero-order valence-corrected chi connectivity index (χ0v) is 10.9. The molecule has 82 valence electrons. The number of thioether (sulfide) groups is 1. The summed E-state index contributed by atoms with van der Waals surface area (Å²) in [6.07, 6.45) is 5.31. The van der Waals surface area contributed by atoms with Crippen LogP contribution in [0.2, 0.25) is 0 Å². The van der Waals surface area contributed by atoms with Crippen LogP contribution in [-0.2, 0) is 6.42 Å². The first-order chi connectivity index (χ1) is 7.25. The van der Waals surface area contributed by atoms with Crippen LogP contribution in [0.5, 0.6) is 0 Å². The highest BCUT2D eigenvalue weighted by atomic mass is 79.9. The number of aromatic nitrogens is 1. The van der Waals surface area contributed by atoms with E-state index in [0.717, 1.165) is 16.6 Å².